The first-order valence-corrected chi connectivity index (χ1v) is 11.9. The van der Waals surface area contributed by atoms with E-state index in [1.165, 1.54) is 50.4 Å². The van der Waals surface area contributed by atoms with Gasteiger partial charge in [-0.1, -0.05) is 58.0 Å². The number of pyridine rings is 2. The molecule has 0 amide bonds. The van der Waals surface area contributed by atoms with E-state index in [0.29, 0.717) is 0 Å². The van der Waals surface area contributed by atoms with Crippen molar-refractivity contribution in [1.82, 2.24) is 4.98 Å². The van der Waals surface area contributed by atoms with Crippen molar-refractivity contribution in [3.05, 3.63) is 71.5 Å². The second-order valence-corrected chi connectivity index (χ2v) is 11.1. The van der Waals surface area contributed by atoms with Crippen LogP contribution in [-0.2, 0) is 17.9 Å². The van der Waals surface area contributed by atoms with Crippen molar-refractivity contribution in [2.75, 3.05) is 0 Å². The van der Waals surface area contributed by atoms with Crippen LogP contribution in [0.1, 0.15) is 57.2 Å². The van der Waals surface area contributed by atoms with E-state index in [-0.39, 0.29) is 10.8 Å². The number of aryl methyl sites for hydroxylation is 2. The highest BCUT2D eigenvalue weighted by Gasteiger charge is 2.40. The molecule has 0 N–H and O–H groups in total. The van der Waals surface area contributed by atoms with Gasteiger partial charge in [0, 0.05) is 17.6 Å². The topological polar surface area (TPSA) is 29.9 Å². The number of nitrogens with zero attached hydrogens (tertiary/aromatic N) is 2. The van der Waals surface area contributed by atoms with Gasteiger partial charge in [-0.05, 0) is 58.7 Å². The van der Waals surface area contributed by atoms with E-state index in [4.69, 9.17) is 9.40 Å². The van der Waals surface area contributed by atoms with Gasteiger partial charge in [-0.15, -0.1) is 0 Å². The lowest BCUT2D eigenvalue weighted by atomic mass is 9.63. The molecule has 33 heavy (non-hydrogen) atoms. The first-order valence-electron chi connectivity index (χ1n) is 11.9. The quantitative estimate of drug-likeness (QED) is 0.259. The van der Waals surface area contributed by atoms with E-state index in [1.807, 2.05) is 0 Å². The predicted molar refractivity (Wildman–Crippen MR) is 136 cm³/mol. The van der Waals surface area contributed by atoms with Gasteiger partial charge in [0.2, 0.25) is 11.4 Å². The second-order valence-electron chi connectivity index (χ2n) is 11.1. The van der Waals surface area contributed by atoms with Gasteiger partial charge in [0.05, 0.1) is 16.3 Å². The molecular formula is C30H31N2O+. The van der Waals surface area contributed by atoms with Gasteiger partial charge in [0.1, 0.15) is 7.05 Å². The Morgan fingerprint density at radius 3 is 2.48 bits per heavy atom. The van der Waals surface area contributed by atoms with Crippen LogP contribution in [0.15, 0.2) is 59.3 Å². The Morgan fingerprint density at radius 2 is 1.67 bits per heavy atom. The van der Waals surface area contributed by atoms with Crippen LogP contribution < -0.4 is 4.57 Å². The van der Waals surface area contributed by atoms with Crippen molar-refractivity contribution >= 4 is 32.8 Å². The zero-order chi connectivity index (χ0) is 23.1. The van der Waals surface area contributed by atoms with Crippen LogP contribution in [0, 0.1) is 6.92 Å². The van der Waals surface area contributed by atoms with Crippen LogP contribution in [0.5, 0.6) is 0 Å². The Bertz CT molecular complexity index is 1590. The minimum Gasteiger partial charge on any atom is -0.437 e. The molecule has 0 saturated carbocycles. The predicted octanol–water partition coefficient (Wildman–Crippen LogP) is 7.28. The van der Waals surface area contributed by atoms with Crippen LogP contribution in [0.3, 0.4) is 0 Å². The lowest BCUT2D eigenvalue weighted by Crippen LogP contribution is -2.34. The number of benzene rings is 2. The molecular weight excluding hydrogens is 404 g/mol. The smallest absolute Gasteiger partial charge is 0.227 e. The minimum absolute atomic E-state index is 0.0814. The highest BCUT2D eigenvalue weighted by Crippen LogP contribution is 2.50. The van der Waals surface area contributed by atoms with Crippen molar-refractivity contribution in [1.29, 1.82) is 0 Å². The summed E-state index contributed by atoms with van der Waals surface area (Å²) in [6, 6.07) is 15.3. The fourth-order valence-corrected chi connectivity index (χ4v) is 5.92. The molecule has 0 fully saturated rings. The molecule has 3 aromatic heterocycles. The third kappa shape index (κ3) is 2.81. The van der Waals surface area contributed by atoms with E-state index in [1.54, 1.807) is 0 Å². The van der Waals surface area contributed by atoms with Crippen molar-refractivity contribution < 1.29 is 8.98 Å². The van der Waals surface area contributed by atoms with Crippen LogP contribution >= 0.6 is 0 Å². The second kappa shape index (κ2) is 6.66. The number of hydrogen-bond acceptors (Lipinski definition) is 2. The summed E-state index contributed by atoms with van der Waals surface area (Å²) in [6.45, 7) is 11.6. The first kappa shape index (κ1) is 20.4. The van der Waals surface area contributed by atoms with Crippen LogP contribution in [-0.4, -0.2) is 4.98 Å². The average molecular weight is 436 g/mol. The van der Waals surface area contributed by atoms with Gasteiger partial charge in [-0.2, -0.15) is 0 Å². The number of hydrogen-bond donors (Lipinski definition) is 0. The average Bonchev–Trinajstić information content (AvgIpc) is 3.16. The molecule has 0 bridgehead atoms. The number of rotatable bonds is 1. The zero-order valence-corrected chi connectivity index (χ0v) is 20.4. The Balaban J connectivity index is 1.78. The molecule has 0 spiro atoms. The molecule has 0 atom stereocenters. The van der Waals surface area contributed by atoms with Crippen LogP contribution in [0.2, 0.25) is 0 Å². The van der Waals surface area contributed by atoms with Gasteiger partial charge < -0.3 is 4.42 Å². The van der Waals surface area contributed by atoms with Gasteiger partial charge in [-0.25, -0.2) is 9.55 Å². The van der Waals surface area contributed by atoms with Crippen molar-refractivity contribution in [2.45, 2.75) is 58.3 Å². The third-order valence-electron chi connectivity index (χ3n) is 7.94. The Hall–Kier alpha value is -3.20. The molecule has 166 valence electrons. The molecule has 3 heterocycles. The monoisotopic (exact) mass is 435 g/mol. The highest BCUT2D eigenvalue weighted by molar-refractivity contribution is 6.12. The highest BCUT2D eigenvalue weighted by atomic mass is 16.3. The van der Waals surface area contributed by atoms with E-state index < -0.39 is 0 Å². The van der Waals surface area contributed by atoms with E-state index in [0.717, 1.165) is 23.3 Å². The molecule has 1 aliphatic carbocycles. The molecule has 3 nitrogen and oxygen atoms in total. The SMILES string of the molecule is Cc1ccc2c(oc3ncc4c(c32)C(C)(C)CCC4(C)C)c1-c1c2ccccc2cc[n+]1C. The summed E-state index contributed by atoms with van der Waals surface area (Å²) in [5.74, 6) is 0. The summed E-state index contributed by atoms with van der Waals surface area (Å²) >= 11 is 0. The van der Waals surface area contributed by atoms with E-state index in [2.05, 4.69) is 101 Å². The lowest BCUT2D eigenvalue weighted by Gasteiger charge is -2.41. The molecule has 0 saturated heterocycles. The van der Waals surface area contributed by atoms with E-state index in [9.17, 15) is 0 Å². The van der Waals surface area contributed by atoms with Crippen molar-refractivity contribution in [3.8, 4) is 11.3 Å². The standard InChI is InChI=1S/C30H31N2O/c1-18-11-12-21-24-25-22(29(2,3)14-15-30(25,4)5)17-31-28(24)33-27(21)23(18)26-20-10-8-7-9-19(20)13-16-32(26)6/h7-13,16-17H,14-15H2,1-6H3/q+1. The van der Waals surface area contributed by atoms with Crippen LogP contribution in [0.4, 0.5) is 0 Å². The number of aromatic nitrogens is 2. The summed E-state index contributed by atoms with van der Waals surface area (Å²) in [5, 5.41) is 4.84. The maximum Gasteiger partial charge on any atom is 0.227 e. The van der Waals surface area contributed by atoms with Crippen molar-refractivity contribution in [3.63, 3.8) is 0 Å². The van der Waals surface area contributed by atoms with Gasteiger partial charge >= 0.3 is 0 Å². The molecule has 6 rings (SSSR count). The van der Waals surface area contributed by atoms with E-state index >= 15 is 0 Å². The summed E-state index contributed by atoms with van der Waals surface area (Å²) in [4.78, 5) is 4.87. The third-order valence-corrected chi connectivity index (χ3v) is 7.94. The largest absolute Gasteiger partial charge is 0.437 e. The molecule has 0 unspecified atom stereocenters. The first-order chi connectivity index (χ1) is 15.7. The normalized spacial score (nSPS) is 17.0. The number of fused-ring (bicyclic) bond motifs is 6. The summed E-state index contributed by atoms with van der Waals surface area (Å²) in [7, 11) is 2.12. The fourth-order valence-electron chi connectivity index (χ4n) is 5.92. The Morgan fingerprint density at radius 1 is 0.909 bits per heavy atom. The number of furan rings is 1. The summed E-state index contributed by atoms with van der Waals surface area (Å²) < 4.78 is 8.84. The summed E-state index contributed by atoms with van der Waals surface area (Å²) in [6.07, 6.45) is 6.55. The molecule has 2 aromatic carbocycles. The maximum atomic E-state index is 6.63. The molecule has 5 aromatic rings. The molecule has 0 radical (unpaired) electrons. The molecule has 3 heteroatoms. The lowest BCUT2D eigenvalue weighted by molar-refractivity contribution is -0.659. The van der Waals surface area contributed by atoms with Crippen LogP contribution in [0.25, 0.3) is 44.1 Å². The molecule has 0 aliphatic heterocycles. The van der Waals surface area contributed by atoms with Gasteiger partial charge in [0.15, 0.2) is 11.8 Å². The minimum atomic E-state index is 0.0814. The van der Waals surface area contributed by atoms with Crippen molar-refractivity contribution in [2.24, 2.45) is 7.05 Å². The molecule has 1 aliphatic rings. The van der Waals surface area contributed by atoms with Gasteiger partial charge in [0.25, 0.3) is 0 Å². The zero-order valence-electron chi connectivity index (χ0n) is 20.4. The maximum absolute atomic E-state index is 6.63. The van der Waals surface area contributed by atoms with Gasteiger partial charge in [-0.3, -0.25) is 0 Å². The Kier molecular flexibility index (Phi) is 4.12. The fraction of sp³-hybridized carbons (Fsp3) is 0.333. The summed E-state index contributed by atoms with van der Waals surface area (Å²) in [5.41, 5.74) is 8.23. The Labute approximate surface area is 195 Å².